The molecule has 3 N–H and O–H groups in total. The van der Waals surface area contributed by atoms with Crippen molar-refractivity contribution >= 4 is 19.8 Å². The average Bonchev–Trinajstić information content (AvgIpc) is 3.00. The molecule has 0 bridgehead atoms. The van der Waals surface area contributed by atoms with Crippen LogP contribution in [0.3, 0.4) is 0 Å². The summed E-state index contributed by atoms with van der Waals surface area (Å²) in [5, 5.41) is 0. The van der Waals surface area contributed by atoms with E-state index in [1.807, 2.05) is 0 Å². The molecular formula is C34H66NO8P. The smallest absolute Gasteiger partial charge is 0.462 e. The molecule has 0 radical (unpaired) electrons. The lowest BCUT2D eigenvalue weighted by molar-refractivity contribution is -0.161. The number of nitrogens with two attached hydrogens (primary N) is 1. The van der Waals surface area contributed by atoms with Gasteiger partial charge in [-0.3, -0.25) is 18.6 Å². The number of ether oxygens (including phenoxy) is 2. The van der Waals surface area contributed by atoms with Crippen molar-refractivity contribution in [1.29, 1.82) is 0 Å². The molecule has 0 aliphatic rings. The van der Waals surface area contributed by atoms with Gasteiger partial charge in [0.15, 0.2) is 6.10 Å². The van der Waals surface area contributed by atoms with Gasteiger partial charge in [0, 0.05) is 19.4 Å². The molecule has 0 fully saturated rings. The van der Waals surface area contributed by atoms with Crippen LogP contribution in [0, 0.1) is 0 Å². The zero-order chi connectivity index (χ0) is 32.6. The van der Waals surface area contributed by atoms with Crippen LogP contribution in [-0.2, 0) is 32.7 Å². The minimum Gasteiger partial charge on any atom is -0.462 e. The Morgan fingerprint density at radius 2 is 1.11 bits per heavy atom. The third kappa shape index (κ3) is 30.8. The van der Waals surface area contributed by atoms with Gasteiger partial charge in [-0.1, -0.05) is 122 Å². The van der Waals surface area contributed by atoms with Crippen molar-refractivity contribution in [3.05, 3.63) is 12.2 Å². The van der Waals surface area contributed by atoms with E-state index in [1.165, 1.54) is 83.5 Å². The zero-order valence-electron chi connectivity index (χ0n) is 28.2. The van der Waals surface area contributed by atoms with E-state index >= 15 is 0 Å². The molecule has 44 heavy (non-hydrogen) atoms. The number of hydrogen-bond donors (Lipinski definition) is 2. The predicted octanol–water partition coefficient (Wildman–Crippen LogP) is 9.10. The number of phosphoric acid groups is 1. The number of phosphoric ester groups is 1. The molecule has 0 aromatic heterocycles. The monoisotopic (exact) mass is 647 g/mol. The summed E-state index contributed by atoms with van der Waals surface area (Å²) in [5.41, 5.74) is 5.30. The normalized spacial score (nSPS) is 13.6. The second-order valence-electron chi connectivity index (χ2n) is 11.7. The minimum atomic E-state index is -4.35. The van der Waals surface area contributed by atoms with Crippen molar-refractivity contribution in [1.82, 2.24) is 0 Å². The molecule has 9 nitrogen and oxygen atoms in total. The number of rotatable bonds is 33. The van der Waals surface area contributed by atoms with Gasteiger partial charge in [-0.2, -0.15) is 0 Å². The average molecular weight is 648 g/mol. The molecule has 0 aromatic carbocycles. The van der Waals surface area contributed by atoms with Crippen LogP contribution in [0.4, 0.5) is 0 Å². The summed E-state index contributed by atoms with van der Waals surface area (Å²) >= 11 is 0. The number of unbranched alkanes of at least 4 members (excludes halogenated alkanes) is 18. The van der Waals surface area contributed by atoms with Gasteiger partial charge in [-0.25, -0.2) is 4.57 Å². The lowest BCUT2D eigenvalue weighted by Gasteiger charge is -2.19. The van der Waals surface area contributed by atoms with Gasteiger partial charge in [-0.05, 0) is 38.5 Å². The van der Waals surface area contributed by atoms with Crippen LogP contribution < -0.4 is 5.73 Å². The summed E-state index contributed by atoms with van der Waals surface area (Å²) in [6.07, 6.45) is 28.8. The SMILES string of the molecule is CCCCCCCC/C=C\CCCCCCCCCCCC(=O)OC(COC(=O)CCCCCC)COP(=O)(O)OCCN. The molecule has 0 saturated heterocycles. The second-order valence-corrected chi connectivity index (χ2v) is 13.2. The fourth-order valence-corrected chi connectivity index (χ4v) is 5.51. The predicted molar refractivity (Wildman–Crippen MR) is 178 cm³/mol. The van der Waals surface area contributed by atoms with Gasteiger partial charge in [0.05, 0.1) is 13.2 Å². The number of hydrogen-bond acceptors (Lipinski definition) is 8. The van der Waals surface area contributed by atoms with Gasteiger partial charge in [-0.15, -0.1) is 0 Å². The lowest BCUT2D eigenvalue weighted by atomic mass is 10.1. The van der Waals surface area contributed by atoms with Gasteiger partial charge < -0.3 is 20.1 Å². The topological polar surface area (TPSA) is 134 Å². The van der Waals surface area contributed by atoms with Crippen LogP contribution in [0.1, 0.15) is 162 Å². The van der Waals surface area contributed by atoms with Crippen LogP contribution in [0.5, 0.6) is 0 Å². The van der Waals surface area contributed by atoms with E-state index in [9.17, 15) is 19.0 Å². The molecule has 0 rings (SSSR count). The highest BCUT2D eigenvalue weighted by molar-refractivity contribution is 7.47. The van der Waals surface area contributed by atoms with Gasteiger partial charge in [0.25, 0.3) is 0 Å². The molecule has 0 aliphatic carbocycles. The molecule has 0 aromatic rings. The molecular weight excluding hydrogens is 581 g/mol. The van der Waals surface area contributed by atoms with E-state index in [2.05, 4.69) is 26.0 Å². The molecule has 2 unspecified atom stereocenters. The number of allylic oxidation sites excluding steroid dienone is 2. The summed E-state index contributed by atoms with van der Waals surface area (Å²) in [6, 6.07) is 0. The van der Waals surface area contributed by atoms with Crippen LogP contribution in [-0.4, -0.2) is 49.3 Å². The Hall–Kier alpha value is -1.25. The first-order chi connectivity index (χ1) is 21.3. The first-order valence-electron chi connectivity index (χ1n) is 17.7. The van der Waals surface area contributed by atoms with Crippen molar-refractivity contribution in [2.45, 2.75) is 168 Å². The standard InChI is InChI=1S/C34H66NO8P/c1-3-5-7-9-10-11-12-13-14-15-16-17-18-19-20-21-22-23-25-27-34(37)43-32(31-42-44(38,39)41-29-28-35)30-40-33(36)26-24-8-6-4-2/h13-14,32H,3-12,15-31,35H2,1-2H3,(H,38,39)/b14-13-. The largest absolute Gasteiger partial charge is 0.472 e. The third-order valence-corrected chi connectivity index (χ3v) is 8.39. The minimum absolute atomic E-state index is 0.0548. The van der Waals surface area contributed by atoms with Crippen molar-refractivity contribution in [2.75, 3.05) is 26.4 Å². The van der Waals surface area contributed by atoms with Crippen LogP contribution in [0.15, 0.2) is 12.2 Å². The lowest BCUT2D eigenvalue weighted by Crippen LogP contribution is -2.29. The number of carbonyl (C=O) groups excluding carboxylic acids is 2. The van der Waals surface area contributed by atoms with Crippen LogP contribution in [0.25, 0.3) is 0 Å². The summed E-state index contributed by atoms with van der Waals surface area (Å²) in [6.45, 7) is 3.58. The fraction of sp³-hybridized carbons (Fsp3) is 0.882. The van der Waals surface area contributed by atoms with Crippen molar-refractivity contribution in [3.63, 3.8) is 0 Å². The Kier molecular flexibility index (Phi) is 30.8. The van der Waals surface area contributed by atoms with Gasteiger partial charge >= 0.3 is 19.8 Å². The van der Waals surface area contributed by atoms with Crippen LogP contribution >= 0.6 is 7.82 Å². The Bertz CT molecular complexity index is 749. The highest BCUT2D eigenvalue weighted by Gasteiger charge is 2.25. The van der Waals surface area contributed by atoms with E-state index < -0.39 is 32.5 Å². The summed E-state index contributed by atoms with van der Waals surface area (Å²) < 4.78 is 32.3. The quantitative estimate of drug-likeness (QED) is 0.0309. The molecule has 260 valence electrons. The van der Waals surface area contributed by atoms with Crippen molar-refractivity contribution in [3.8, 4) is 0 Å². The fourth-order valence-electron chi connectivity index (χ4n) is 4.74. The van der Waals surface area contributed by atoms with E-state index in [0.29, 0.717) is 6.42 Å². The molecule has 0 heterocycles. The number of carbonyl (C=O) groups is 2. The van der Waals surface area contributed by atoms with Gasteiger partial charge in [0.2, 0.25) is 0 Å². The Labute approximate surface area is 269 Å². The summed E-state index contributed by atoms with van der Waals surface area (Å²) in [4.78, 5) is 34.2. The van der Waals surface area contributed by atoms with Gasteiger partial charge in [0.1, 0.15) is 6.61 Å². The van der Waals surface area contributed by atoms with Crippen molar-refractivity contribution < 1.29 is 37.6 Å². The second kappa shape index (κ2) is 31.7. The first kappa shape index (κ1) is 42.8. The Balaban J connectivity index is 4.02. The molecule has 0 aliphatic heterocycles. The highest BCUT2D eigenvalue weighted by atomic mass is 31.2. The van der Waals surface area contributed by atoms with E-state index in [0.717, 1.165) is 44.9 Å². The Morgan fingerprint density at radius 3 is 1.64 bits per heavy atom. The molecule has 0 saturated carbocycles. The van der Waals surface area contributed by atoms with Crippen molar-refractivity contribution in [2.24, 2.45) is 5.73 Å². The Morgan fingerprint density at radius 1 is 0.659 bits per heavy atom. The third-order valence-electron chi connectivity index (χ3n) is 7.40. The summed E-state index contributed by atoms with van der Waals surface area (Å²) in [7, 11) is -4.35. The summed E-state index contributed by atoms with van der Waals surface area (Å²) in [5.74, 6) is -0.848. The van der Waals surface area contributed by atoms with E-state index in [1.54, 1.807) is 0 Å². The molecule has 2 atom stereocenters. The molecule has 0 spiro atoms. The van der Waals surface area contributed by atoms with E-state index in [4.69, 9.17) is 24.3 Å². The number of esters is 2. The van der Waals surface area contributed by atoms with E-state index in [-0.39, 0.29) is 32.6 Å². The maximum Gasteiger partial charge on any atom is 0.472 e. The molecule has 0 amide bonds. The highest BCUT2D eigenvalue weighted by Crippen LogP contribution is 2.43. The van der Waals surface area contributed by atoms with Crippen LogP contribution in [0.2, 0.25) is 0 Å². The zero-order valence-corrected chi connectivity index (χ0v) is 29.0. The molecule has 10 heteroatoms. The first-order valence-corrected chi connectivity index (χ1v) is 19.2. The maximum absolute atomic E-state index is 12.4. The maximum atomic E-state index is 12.4.